The number of benzene rings is 1. The second kappa shape index (κ2) is 8.84. The number of carbonyl (C=O) groups excluding carboxylic acids is 1. The van der Waals surface area contributed by atoms with E-state index in [0.717, 1.165) is 31.2 Å². The maximum absolute atomic E-state index is 12.5. The number of hydrogen-bond acceptors (Lipinski definition) is 4. The third kappa shape index (κ3) is 5.48. The summed E-state index contributed by atoms with van der Waals surface area (Å²) in [6, 6.07) is 11.0. The molecule has 0 saturated heterocycles. The summed E-state index contributed by atoms with van der Waals surface area (Å²) in [5.74, 6) is 0.540. The summed E-state index contributed by atoms with van der Waals surface area (Å²) < 4.78 is 6.00. The van der Waals surface area contributed by atoms with Crippen molar-refractivity contribution in [3.05, 3.63) is 58.4 Å². The summed E-state index contributed by atoms with van der Waals surface area (Å²) >= 11 is 6.06. The Labute approximate surface area is 177 Å². The molecule has 0 unspecified atom stereocenters. The third-order valence-electron chi connectivity index (χ3n) is 5.24. The maximum Gasteiger partial charge on any atom is 0.270 e. The number of pyridine rings is 1. The second-order valence-corrected chi connectivity index (χ2v) is 8.91. The summed E-state index contributed by atoms with van der Waals surface area (Å²) in [4.78, 5) is 16.8. The van der Waals surface area contributed by atoms with E-state index in [0.29, 0.717) is 22.0 Å². The highest BCUT2D eigenvalue weighted by molar-refractivity contribution is 6.31. The van der Waals surface area contributed by atoms with Gasteiger partial charge >= 0.3 is 0 Å². The summed E-state index contributed by atoms with van der Waals surface area (Å²) in [5.41, 5.74) is 2.01. The van der Waals surface area contributed by atoms with E-state index in [-0.39, 0.29) is 23.5 Å². The number of amides is 1. The lowest BCUT2D eigenvalue weighted by Gasteiger charge is -2.29. The number of ether oxygens (including phenoxy) is 1. The molecule has 1 aromatic carbocycles. The lowest BCUT2D eigenvalue weighted by Crippen LogP contribution is -2.40. The van der Waals surface area contributed by atoms with Crippen LogP contribution in [0.2, 0.25) is 5.02 Å². The molecule has 2 aromatic rings. The van der Waals surface area contributed by atoms with Crippen molar-refractivity contribution in [3.63, 3.8) is 0 Å². The van der Waals surface area contributed by atoms with Crippen LogP contribution in [0.3, 0.4) is 0 Å². The molecule has 1 aliphatic rings. The number of nitrogens with zero attached hydrogens (tertiary/aromatic N) is 2. The topological polar surface area (TPSA) is 75.0 Å². The molecule has 1 aromatic heterocycles. The molecule has 1 heterocycles. The number of rotatable bonds is 4. The van der Waals surface area contributed by atoms with Crippen molar-refractivity contribution >= 4 is 17.5 Å². The highest BCUT2D eigenvalue weighted by atomic mass is 35.5. The quantitative estimate of drug-likeness (QED) is 0.766. The smallest absolute Gasteiger partial charge is 0.270 e. The van der Waals surface area contributed by atoms with Crippen LogP contribution in [-0.2, 0) is 5.41 Å². The van der Waals surface area contributed by atoms with Crippen LogP contribution in [0, 0.1) is 11.3 Å². The van der Waals surface area contributed by atoms with Crippen molar-refractivity contribution in [1.82, 2.24) is 10.3 Å². The lowest BCUT2D eigenvalue weighted by molar-refractivity contribution is 0.0889. The minimum Gasteiger partial charge on any atom is -0.490 e. The first-order chi connectivity index (χ1) is 13.8. The van der Waals surface area contributed by atoms with Crippen molar-refractivity contribution < 1.29 is 9.53 Å². The van der Waals surface area contributed by atoms with Gasteiger partial charge in [0.25, 0.3) is 5.91 Å². The van der Waals surface area contributed by atoms with Gasteiger partial charge < -0.3 is 10.1 Å². The number of carbonyl (C=O) groups is 1. The van der Waals surface area contributed by atoms with Gasteiger partial charge in [-0.1, -0.05) is 38.4 Å². The number of nitriles is 1. The molecule has 3 rings (SSSR count). The van der Waals surface area contributed by atoms with Gasteiger partial charge in [-0.25, -0.2) is 0 Å². The second-order valence-electron chi connectivity index (χ2n) is 8.50. The van der Waals surface area contributed by atoms with Crippen molar-refractivity contribution in [2.75, 3.05) is 0 Å². The number of hydrogen-bond donors (Lipinski definition) is 1. The minimum atomic E-state index is -0.131. The van der Waals surface area contributed by atoms with Crippen molar-refractivity contribution in [3.8, 4) is 11.8 Å². The predicted molar refractivity (Wildman–Crippen MR) is 113 cm³/mol. The fraction of sp³-hybridized carbons (Fsp3) is 0.435. The van der Waals surface area contributed by atoms with E-state index < -0.39 is 0 Å². The van der Waals surface area contributed by atoms with Crippen LogP contribution in [0.1, 0.15) is 68.1 Å². The average Bonchev–Trinajstić information content (AvgIpc) is 2.69. The van der Waals surface area contributed by atoms with E-state index >= 15 is 0 Å². The molecule has 0 atom stereocenters. The fourth-order valence-electron chi connectivity index (χ4n) is 3.41. The van der Waals surface area contributed by atoms with Crippen molar-refractivity contribution in [2.24, 2.45) is 0 Å². The number of nitrogens with one attached hydrogen (secondary N) is 1. The Hall–Kier alpha value is -2.58. The van der Waals surface area contributed by atoms with Crippen molar-refractivity contribution in [2.45, 2.75) is 64.0 Å². The van der Waals surface area contributed by atoms with Gasteiger partial charge in [0.2, 0.25) is 0 Å². The van der Waals surface area contributed by atoms with Gasteiger partial charge in [0.1, 0.15) is 17.5 Å². The predicted octanol–water partition coefficient (Wildman–Crippen LogP) is 5.02. The molecule has 1 saturated carbocycles. The number of halogens is 1. The van der Waals surface area contributed by atoms with Crippen molar-refractivity contribution in [1.29, 1.82) is 5.26 Å². The summed E-state index contributed by atoms with van der Waals surface area (Å²) in [7, 11) is 0. The highest BCUT2D eigenvalue weighted by Crippen LogP contribution is 2.27. The molecule has 0 radical (unpaired) electrons. The summed E-state index contributed by atoms with van der Waals surface area (Å²) in [6.45, 7) is 6.36. The first-order valence-electron chi connectivity index (χ1n) is 9.90. The average molecular weight is 412 g/mol. The van der Waals surface area contributed by atoms with Crippen LogP contribution in [0.4, 0.5) is 0 Å². The van der Waals surface area contributed by atoms with Gasteiger partial charge in [0, 0.05) is 18.3 Å². The van der Waals surface area contributed by atoms with E-state index in [9.17, 15) is 4.79 Å². The van der Waals surface area contributed by atoms with E-state index in [1.54, 1.807) is 30.5 Å². The molecule has 1 aliphatic carbocycles. The van der Waals surface area contributed by atoms with E-state index in [1.165, 1.54) is 0 Å². The van der Waals surface area contributed by atoms with Gasteiger partial charge in [-0.05, 0) is 54.9 Å². The normalized spacial score (nSPS) is 19.3. The fourth-order valence-corrected chi connectivity index (χ4v) is 3.62. The highest BCUT2D eigenvalue weighted by Gasteiger charge is 2.25. The van der Waals surface area contributed by atoms with Crippen LogP contribution >= 0.6 is 11.6 Å². The van der Waals surface area contributed by atoms with Crippen LogP contribution < -0.4 is 10.1 Å². The molecule has 5 nitrogen and oxygen atoms in total. The van der Waals surface area contributed by atoms with E-state index in [4.69, 9.17) is 21.6 Å². The van der Waals surface area contributed by atoms with Gasteiger partial charge in [-0.2, -0.15) is 5.26 Å². The largest absolute Gasteiger partial charge is 0.490 e. The maximum atomic E-state index is 12.5. The Morgan fingerprint density at radius 1 is 1.21 bits per heavy atom. The summed E-state index contributed by atoms with van der Waals surface area (Å²) in [5, 5.41) is 12.4. The molecule has 1 fully saturated rings. The van der Waals surface area contributed by atoms with Gasteiger partial charge in [-0.15, -0.1) is 0 Å². The molecule has 1 amide bonds. The zero-order chi connectivity index (χ0) is 21.0. The molecule has 6 heteroatoms. The van der Waals surface area contributed by atoms with Crippen LogP contribution in [0.5, 0.6) is 5.75 Å². The minimum absolute atomic E-state index is 0.0134. The standard InChI is InChI=1S/C23H26ClN3O2/c1-23(2,3)16-5-11-21(26-14-16)22(28)27-17-6-9-18(10-7-17)29-19-8-4-15(13-25)20(24)12-19/h4-5,8,11-12,14,17-18H,6-7,9-10H2,1-3H3,(H,27,28). The molecule has 0 spiro atoms. The Morgan fingerprint density at radius 3 is 2.48 bits per heavy atom. The molecule has 0 aliphatic heterocycles. The van der Waals surface area contributed by atoms with Crippen LogP contribution in [-0.4, -0.2) is 23.0 Å². The van der Waals surface area contributed by atoms with E-state index in [1.807, 2.05) is 12.1 Å². The SMILES string of the molecule is CC(C)(C)c1ccc(C(=O)NC2CCC(Oc3ccc(C#N)c(Cl)c3)CC2)nc1. The Morgan fingerprint density at radius 2 is 1.93 bits per heavy atom. The van der Waals surface area contributed by atoms with Gasteiger partial charge in [0.15, 0.2) is 0 Å². The first-order valence-corrected chi connectivity index (χ1v) is 10.3. The zero-order valence-corrected chi connectivity index (χ0v) is 17.8. The van der Waals surface area contributed by atoms with Gasteiger partial charge in [0.05, 0.1) is 16.7 Å². The Kier molecular flexibility index (Phi) is 6.44. The zero-order valence-electron chi connectivity index (χ0n) is 17.0. The monoisotopic (exact) mass is 411 g/mol. The Balaban J connectivity index is 1.50. The van der Waals surface area contributed by atoms with Crippen LogP contribution in [0.25, 0.3) is 0 Å². The third-order valence-corrected chi connectivity index (χ3v) is 5.55. The van der Waals surface area contributed by atoms with Gasteiger partial charge in [-0.3, -0.25) is 9.78 Å². The first kappa shape index (κ1) is 21.1. The lowest BCUT2D eigenvalue weighted by atomic mass is 9.88. The van der Waals surface area contributed by atoms with Crippen LogP contribution in [0.15, 0.2) is 36.5 Å². The molecular weight excluding hydrogens is 386 g/mol. The molecular formula is C23H26ClN3O2. The summed E-state index contributed by atoms with van der Waals surface area (Å²) in [6.07, 6.45) is 5.25. The molecule has 1 N–H and O–H groups in total. The molecule has 152 valence electrons. The molecule has 0 bridgehead atoms. The molecule has 29 heavy (non-hydrogen) atoms. The Bertz CT molecular complexity index is 905. The van der Waals surface area contributed by atoms with E-state index in [2.05, 4.69) is 31.1 Å². The number of aromatic nitrogens is 1.